The van der Waals surface area contributed by atoms with Crippen molar-refractivity contribution in [2.45, 2.75) is 56.2 Å². The molecule has 2 aromatic carbocycles. The molecule has 3 rings (SSSR count). The van der Waals surface area contributed by atoms with Crippen LogP contribution in [0.1, 0.15) is 52.7 Å². The Morgan fingerprint density at radius 1 is 1.12 bits per heavy atom. The van der Waals surface area contributed by atoms with Gasteiger partial charge in [0.1, 0.15) is 5.75 Å². The molecule has 0 heterocycles. The van der Waals surface area contributed by atoms with Crippen LogP contribution in [0.25, 0.3) is 0 Å². The number of Topliss-reactive ketones (excluding diaryl/α,β-unsaturated/α-hetero) is 1. The van der Waals surface area contributed by atoms with Gasteiger partial charge in [0.05, 0.1) is 0 Å². The number of unbranched alkanes of at least 4 members (excludes halogenated alkanes) is 1. The molecule has 0 fully saturated rings. The van der Waals surface area contributed by atoms with Crippen molar-refractivity contribution in [2.24, 2.45) is 0 Å². The Bertz CT molecular complexity index is 978. The minimum absolute atomic E-state index is 0.0790. The lowest BCUT2D eigenvalue weighted by Crippen LogP contribution is -2.21. The Morgan fingerprint density at radius 3 is 2.66 bits per heavy atom. The van der Waals surface area contributed by atoms with Gasteiger partial charge in [-0.05, 0) is 97.6 Å². The molecule has 5 nitrogen and oxygen atoms in total. The predicted octanol–water partition coefficient (Wildman–Crippen LogP) is 4.50. The van der Waals surface area contributed by atoms with Gasteiger partial charge in [0.2, 0.25) is 0 Å². The van der Waals surface area contributed by atoms with Crippen LogP contribution in [-0.2, 0) is 30.3 Å². The second kappa shape index (κ2) is 11.1. The lowest BCUT2D eigenvalue weighted by molar-refractivity contribution is -0.274. The van der Waals surface area contributed by atoms with Crippen LogP contribution >= 0.6 is 0 Å². The summed E-state index contributed by atoms with van der Waals surface area (Å²) in [7, 11) is 0. The highest BCUT2D eigenvalue weighted by atomic mass is 32.2. The number of para-hydroxylation sites is 1. The van der Waals surface area contributed by atoms with E-state index in [9.17, 15) is 26.7 Å². The molecule has 1 aliphatic rings. The van der Waals surface area contributed by atoms with Crippen molar-refractivity contribution in [2.75, 3.05) is 13.1 Å². The molecule has 1 atom stereocenters. The zero-order valence-corrected chi connectivity index (χ0v) is 18.3. The van der Waals surface area contributed by atoms with Crippen molar-refractivity contribution >= 4 is 16.9 Å². The summed E-state index contributed by atoms with van der Waals surface area (Å²) in [5, 5.41) is 3.17. The lowest BCUT2D eigenvalue weighted by Gasteiger charge is -2.14. The van der Waals surface area contributed by atoms with E-state index >= 15 is 0 Å². The van der Waals surface area contributed by atoms with Crippen LogP contribution in [0.15, 0.2) is 41.3 Å². The lowest BCUT2D eigenvalue weighted by atomic mass is 10.0. The van der Waals surface area contributed by atoms with Crippen LogP contribution in [0.3, 0.4) is 0 Å². The first kappa shape index (κ1) is 24.4. The van der Waals surface area contributed by atoms with E-state index in [-0.39, 0.29) is 16.4 Å². The van der Waals surface area contributed by atoms with Gasteiger partial charge >= 0.3 is 6.36 Å². The van der Waals surface area contributed by atoms with Crippen molar-refractivity contribution < 1.29 is 31.5 Å². The molecule has 0 aliphatic heterocycles. The van der Waals surface area contributed by atoms with E-state index < -0.39 is 17.4 Å². The molecule has 1 N–H and O–H groups in total. The quantitative estimate of drug-likeness (QED) is 0.299. The number of alkyl halides is 3. The van der Waals surface area contributed by atoms with Crippen LogP contribution < -0.4 is 10.1 Å². The second-order valence-electron chi connectivity index (χ2n) is 7.74. The van der Waals surface area contributed by atoms with Gasteiger partial charge in [-0.2, -0.15) is 0 Å². The molecule has 174 valence electrons. The van der Waals surface area contributed by atoms with E-state index in [1.807, 2.05) is 6.07 Å². The average molecular weight is 469 g/mol. The summed E-state index contributed by atoms with van der Waals surface area (Å²) in [6, 6.07) is 9.35. The Morgan fingerprint density at radius 2 is 1.91 bits per heavy atom. The second-order valence-corrected chi connectivity index (χ2v) is 8.65. The number of fused-ring (bicyclic) bond motifs is 1. The van der Waals surface area contributed by atoms with Gasteiger partial charge in [0, 0.05) is 16.9 Å². The summed E-state index contributed by atoms with van der Waals surface area (Å²) in [5.41, 5.74) is 2.70. The summed E-state index contributed by atoms with van der Waals surface area (Å²) in [5.74, 6) is -0.273. The third kappa shape index (κ3) is 6.88. The van der Waals surface area contributed by atoms with E-state index in [1.165, 1.54) is 18.2 Å². The number of ketones is 1. The number of aryl methyl sites for hydroxylation is 1. The first-order valence-corrected chi connectivity index (χ1v) is 11.6. The smallest absolute Gasteiger partial charge is 0.573 e. The molecule has 0 saturated carbocycles. The number of rotatable bonds is 11. The van der Waals surface area contributed by atoms with Crippen LogP contribution in [0.5, 0.6) is 5.75 Å². The van der Waals surface area contributed by atoms with E-state index in [4.69, 9.17) is 0 Å². The highest BCUT2D eigenvalue weighted by Crippen LogP contribution is 2.29. The van der Waals surface area contributed by atoms with Gasteiger partial charge in [-0.1, -0.05) is 18.2 Å². The van der Waals surface area contributed by atoms with E-state index in [2.05, 4.69) is 10.1 Å². The van der Waals surface area contributed by atoms with Gasteiger partial charge in [0.15, 0.2) is 5.78 Å². The third-order valence-electron chi connectivity index (χ3n) is 5.45. The maximum Gasteiger partial charge on any atom is 0.573 e. The molecule has 32 heavy (non-hydrogen) atoms. The third-order valence-corrected chi connectivity index (χ3v) is 6.18. The SMILES string of the molecule is O=C(CCCCNCCc1ccccc1OC(F)(F)F)c1cc2c(c(S(=O)[O-])c1)CCC2. The Kier molecular flexibility index (Phi) is 8.44. The molecule has 0 radical (unpaired) electrons. The van der Waals surface area contributed by atoms with Gasteiger partial charge < -0.3 is 14.6 Å². The number of carbonyl (C=O) groups excluding carboxylic acids is 1. The Labute approximate surface area is 187 Å². The largest absolute Gasteiger partial charge is 0.768 e. The van der Waals surface area contributed by atoms with Crippen LogP contribution in [0, 0.1) is 0 Å². The molecule has 1 unspecified atom stereocenters. The fourth-order valence-corrected chi connectivity index (χ4v) is 4.60. The fourth-order valence-electron chi connectivity index (χ4n) is 3.94. The van der Waals surface area contributed by atoms with Gasteiger partial charge in [-0.15, -0.1) is 13.2 Å². The van der Waals surface area contributed by atoms with Crippen molar-refractivity contribution in [1.82, 2.24) is 5.32 Å². The number of carbonyl (C=O) groups is 1. The maximum atomic E-state index is 12.5. The van der Waals surface area contributed by atoms with Crippen molar-refractivity contribution in [3.8, 4) is 5.75 Å². The first-order valence-electron chi connectivity index (χ1n) is 10.6. The first-order chi connectivity index (χ1) is 15.2. The van der Waals surface area contributed by atoms with Crippen LogP contribution in [0.2, 0.25) is 0 Å². The van der Waals surface area contributed by atoms with Crippen LogP contribution in [0.4, 0.5) is 13.2 Å². The van der Waals surface area contributed by atoms with E-state index in [1.54, 1.807) is 12.1 Å². The normalized spacial score (nSPS) is 14.2. The van der Waals surface area contributed by atoms with Crippen LogP contribution in [-0.4, -0.2) is 34.0 Å². The zero-order chi connectivity index (χ0) is 23.1. The molecule has 0 saturated heterocycles. The van der Waals surface area contributed by atoms with Crippen molar-refractivity contribution in [1.29, 1.82) is 0 Å². The molecule has 0 aromatic heterocycles. The van der Waals surface area contributed by atoms with Gasteiger partial charge in [-0.3, -0.25) is 9.00 Å². The zero-order valence-electron chi connectivity index (χ0n) is 17.5. The minimum Gasteiger partial charge on any atom is -0.768 e. The van der Waals surface area contributed by atoms with Crippen molar-refractivity contribution in [3.05, 3.63) is 58.7 Å². The van der Waals surface area contributed by atoms with E-state index in [0.717, 1.165) is 36.8 Å². The number of nitrogens with one attached hydrogen (secondary N) is 1. The molecule has 1 aliphatic carbocycles. The Balaban J connectivity index is 1.40. The molecular formula is C23H25F3NO4S-. The Hall–Kier alpha value is -2.23. The summed E-state index contributed by atoms with van der Waals surface area (Å²) in [4.78, 5) is 12.8. The molecule has 9 heteroatoms. The van der Waals surface area contributed by atoms with E-state index in [0.29, 0.717) is 43.5 Å². The topological polar surface area (TPSA) is 78.5 Å². The number of hydrogen-bond donors (Lipinski definition) is 1. The standard InChI is InChI=1S/C23H26F3NO4S/c24-23(25,26)31-21-10-2-1-6-16(21)11-13-27-12-4-3-9-20(28)18-14-17-7-5-8-19(17)22(15-18)32(29)30/h1-2,6,10,14-15,27H,3-5,7-9,11-13H2,(H,29,30)/p-1. The maximum absolute atomic E-state index is 12.5. The number of ether oxygens (including phenoxy) is 1. The monoisotopic (exact) mass is 468 g/mol. The molecule has 0 spiro atoms. The number of hydrogen-bond acceptors (Lipinski definition) is 5. The molecular weight excluding hydrogens is 443 g/mol. The highest BCUT2D eigenvalue weighted by molar-refractivity contribution is 7.79. The van der Waals surface area contributed by atoms with Gasteiger partial charge in [-0.25, -0.2) is 0 Å². The summed E-state index contributed by atoms with van der Waals surface area (Å²) in [6.45, 7) is 1.10. The highest BCUT2D eigenvalue weighted by Gasteiger charge is 2.31. The molecule has 2 aromatic rings. The summed E-state index contributed by atoms with van der Waals surface area (Å²) in [6.07, 6.45) is -0.255. The summed E-state index contributed by atoms with van der Waals surface area (Å²) >= 11 is -2.36. The molecule has 0 bridgehead atoms. The van der Waals surface area contributed by atoms with Crippen molar-refractivity contribution in [3.63, 3.8) is 0 Å². The number of benzene rings is 2. The summed E-state index contributed by atoms with van der Waals surface area (Å²) < 4.78 is 64.5. The van der Waals surface area contributed by atoms with Gasteiger partial charge in [0.25, 0.3) is 0 Å². The molecule has 0 amide bonds. The minimum atomic E-state index is -4.72. The number of halogens is 3. The predicted molar refractivity (Wildman–Crippen MR) is 114 cm³/mol. The average Bonchev–Trinajstić information content (AvgIpc) is 3.20. The fraction of sp³-hybridized carbons (Fsp3) is 0.435.